The van der Waals surface area contributed by atoms with Crippen LogP contribution in [0.1, 0.15) is 0 Å². The molecule has 0 unspecified atom stereocenters. The quantitative estimate of drug-likeness (QED) is 0.614. The minimum atomic E-state index is -0.314. The van der Waals surface area contributed by atoms with Gasteiger partial charge in [-0.3, -0.25) is 4.79 Å². The van der Waals surface area contributed by atoms with Crippen LogP contribution in [0.25, 0.3) is 0 Å². The van der Waals surface area contributed by atoms with Gasteiger partial charge in [0.2, 0.25) is 0 Å². The van der Waals surface area contributed by atoms with E-state index in [1.165, 1.54) is 6.20 Å². The van der Waals surface area contributed by atoms with Gasteiger partial charge in [-0.05, 0) is 12.1 Å². The second-order valence-electron chi connectivity index (χ2n) is 2.71. The van der Waals surface area contributed by atoms with E-state index < -0.39 is 0 Å². The number of carbonyl (C=O) groups excluding carboxylic acids is 1. The monoisotopic (exact) mass is 191 g/mol. The minimum Gasteiger partial charge on any atom is -0.393 e. The number of anilines is 1. The van der Waals surface area contributed by atoms with Crippen LogP contribution in [-0.2, 0) is 4.79 Å². The third-order valence-corrected chi connectivity index (χ3v) is 1.59. The molecule has 0 aliphatic rings. The van der Waals surface area contributed by atoms with Gasteiger partial charge in [-0.2, -0.15) is 0 Å². The average molecular weight is 191 g/mol. The zero-order chi connectivity index (χ0) is 10.4. The van der Waals surface area contributed by atoms with Crippen LogP contribution < -0.4 is 16.4 Å². The third-order valence-electron chi connectivity index (χ3n) is 1.59. The van der Waals surface area contributed by atoms with Crippen molar-refractivity contribution in [3.05, 3.63) is 42.2 Å². The van der Waals surface area contributed by atoms with E-state index in [4.69, 9.17) is 5.73 Å². The lowest BCUT2D eigenvalue weighted by Gasteiger charge is -2.04. The molecule has 4 N–H and O–H groups in total. The summed E-state index contributed by atoms with van der Waals surface area (Å²) in [5.74, 6) is -0.314. The molecule has 14 heavy (non-hydrogen) atoms. The number of hydrogen-bond donors (Lipinski definition) is 3. The number of hydrogen-bond acceptors (Lipinski definition) is 3. The summed E-state index contributed by atoms with van der Waals surface area (Å²) in [5.41, 5.74) is 6.34. The van der Waals surface area contributed by atoms with Crippen molar-refractivity contribution in [3.63, 3.8) is 0 Å². The van der Waals surface area contributed by atoms with Crippen molar-refractivity contribution in [2.24, 2.45) is 5.73 Å². The zero-order valence-electron chi connectivity index (χ0n) is 7.95. The Balaban J connectivity index is 2.62. The fourth-order valence-corrected chi connectivity index (χ4v) is 0.946. The number of benzene rings is 1. The molecular formula is C10H13N3O. The number of nitrogens with one attached hydrogen (secondary N) is 2. The van der Waals surface area contributed by atoms with Gasteiger partial charge in [0.1, 0.15) is 5.70 Å². The van der Waals surface area contributed by atoms with Crippen LogP contribution in [0, 0.1) is 0 Å². The van der Waals surface area contributed by atoms with E-state index >= 15 is 0 Å². The van der Waals surface area contributed by atoms with Gasteiger partial charge in [0.25, 0.3) is 5.91 Å². The summed E-state index contributed by atoms with van der Waals surface area (Å²) in [7, 11) is 1.68. The summed E-state index contributed by atoms with van der Waals surface area (Å²) in [6, 6.07) is 9.15. The first-order valence-electron chi connectivity index (χ1n) is 4.23. The molecule has 0 aliphatic heterocycles. The molecule has 4 heteroatoms. The number of amides is 1. The summed E-state index contributed by atoms with van der Waals surface area (Å²) >= 11 is 0. The highest BCUT2D eigenvalue weighted by Crippen LogP contribution is 2.05. The van der Waals surface area contributed by atoms with Gasteiger partial charge in [0.15, 0.2) is 0 Å². The predicted octanol–water partition coefficient (Wildman–Crippen LogP) is 0.645. The minimum absolute atomic E-state index is 0.149. The van der Waals surface area contributed by atoms with Crippen LogP contribution in [0.5, 0.6) is 0 Å². The lowest BCUT2D eigenvalue weighted by Crippen LogP contribution is -2.21. The molecule has 0 saturated heterocycles. The number of nitrogens with two attached hydrogens (primary N) is 1. The molecule has 1 rings (SSSR count). The van der Waals surface area contributed by atoms with Crippen LogP contribution in [0.4, 0.5) is 5.69 Å². The van der Waals surface area contributed by atoms with E-state index in [-0.39, 0.29) is 11.6 Å². The van der Waals surface area contributed by atoms with Gasteiger partial charge < -0.3 is 16.4 Å². The Morgan fingerprint density at radius 1 is 1.36 bits per heavy atom. The molecule has 1 aromatic carbocycles. The third kappa shape index (κ3) is 2.82. The van der Waals surface area contributed by atoms with Crippen LogP contribution in [0.15, 0.2) is 42.2 Å². The van der Waals surface area contributed by atoms with Crippen molar-refractivity contribution >= 4 is 11.6 Å². The lowest BCUT2D eigenvalue weighted by molar-refractivity contribution is -0.112. The Labute approximate surface area is 82.8 Å². The van der Waals surface area contributed by atoms with Crippen molar-refractivity contribution in [1.82, 2.24) is 5.32 Å². The van der Waals surface area contributed by atoms with Crippen LogP contribution >= 0.6 is 0 Å². The molecule has 0 atom stereocenters. The van der Waals surface area contributed by atoms with E-state index in [9.17, 15) is 4.79 Å². The summed E-state index contributed by atoms with van der Waals surface area (Å²) < 4.78 is 0. The SMILES string of the molecule is CN/C=C(/N)C(=O)Nc1ccccc1. The van der Waals surface area contributed by atoms with Gasteiger partial charge in [-0.1, -0.05) is 18.2 Å². The van der Waals surface area contributed by atoms with E-state index in [2.05, 4.69) is 10.6 Å². The van der Waals surface area contributed by atoms with Crippen molar-refractivity contribution in [2.75, 3.05) is 12.4 Å². The summed E-state index contributed by atoms with van der Waals surface area (Å²) in [4.78, 5) is 11.4. The highest BCUT2D eigenvalue weighted by Gasteiger charge is 2.03. The maximum absolute atomic E-state index is 11.4. The highest BCUT2D eigenvalue weighted by atomic mass is 16.2. The maximum Gasteiger partial charge on any atom is 0.273 e. The van der Waals surface area contributed by atoms with E-state index in [0.717, 1.165) is 5.69 Å². The molecule has 0 aliphatic carbocycles. The summed E-state index contributed by atoms with van der Waals surface area (Å²) in [6.45, 7) is 0. The molecular weight excluding hydrogens is 178 g/mol. The molecule has 0 heterocycles. The Bertz CT molecular complexity index is 332. The Kier molecular flexibility index (Phi) is 3.55. The molecule has 74 valence electrons. The number of carbonyl (C=O) groups is 1. The van der Waals surface area contributed by atoms with E-state index in [1.54, 1.807) is 19.2 Å². The van der Waals surface area contributed by atoms with Crippen LogP contribution in [0.3, 0.4) is 0 Å². The smallest absolute Gasteiger partial charge is 0.273 e. The first kappa shape index (κ1) is 10.1. The molecule has 0 spiro atoms. The maximum atomic E-state index is 11.4. The summed E-state index contributed by atoms with van der Waals surface area (Å²) in [6.07, 6.45) is 1.44. The van der Waals surface area contributed by atoms with E-state index in [0.29, 0.717) is 0 Å². The Morgan fingerprint density at radius 2 is 2.00 bits per heavy atom. The molecule has 0 fully saturated rings. The van der Waals surface area contributed by atoms with Crippen molar-refractivity contribution < 1.29 is 4.79 Å². The largest absolute Gasteiger partial charge is 0.393 e. The Hall–Kier alpha value is -1.97. The molecule has 1 amide bonds. The van der Waals surface area contributed by atoms with Gasteiger partial charge in [-0.15, -0.1) is 0 Å². The van der Waals surface area contributed by atoms with E-state index in [1.807, 2.05) is 18.2 Å². The topological polar surface area (TPSA) is 67.1 Å². The van der Waals surface area contributed by atoms with Crippen molar-refractivity contribution in [1.29, 1.82) is 0 Å². The molecule has 1 aromatic rings. The first-order valence-corrected chi connectivity index (χ1v) is 4.23. The van der Waals surface area contributed by atoms with Crippen molar-refractivity contribution in [2.45, 2.75) is 0 Å². The van der Waals surface area contributed by atoms with Gasteiger partial charge in [-0.25, -0.2) is 0 Å². The predicted molar refractivity (Wildman–Crippen MR) is 56.4 cm³/mol. The van der Waals surface area contributed by atoms with Crippen LogP contribution in [0.2, 0.25) is 0 Å². The van der Waals surface area contributed by atoms with Gasteiger partial charge in [0.05, 0.1) is 0 Å². The molecule has 0 bridgehead atoms. The lowest BCUT2D eigenvalue weighted by atomic mass is 10.3. The highest BCUT2D eigenvalue weighted by molar-refractivity contribution is 6.02. The number of para-hydroxylation sites is 1. The van der Waals surface area contributed by atoms with Gasteiger partial charge >= 0.3 is 0 Å². The standard InChI is InChI=1S/C10H13N3O/c1-12-7-9(11)10(14)13-8-5-3-2-4-6-8/h2-7,12H,11H2,1H3,(H,13,14)/b9-7+. The molecule has 0 radical (unpaired) electrons. The second-order valence-corrected chi connectivity index (χ2v) is 2.71. The number of rotatable bonds is 3. The molecule has 0 saturated carbocycles. The van der Waals surface area contributed by atoms with Gasteiger partial charge in [0, 0.05) is 18.9 Å². The second kappa shape index (κ2) is 4.91. The molecule has 0 aromatic heterocycles. The summed E-state index contributed by atoms with van der Waals surface area (Å²) in [5, 5.41) is 5.34. The normalized spacial score (nSPS) is 10.8. The fourth-order valence-electron chi connectivity index (χ4n) is 0.946. The Morgan fingerprint density at radius 3 is 2.57 bits per heavy atom. The molecule has 4 nitrogen and oxygen atoms in total. The van der Waals surface area contributed by atoms with Crippen LogP contribution in [-0.4, -0.2) is 13.0 Å². The fraction of sp³-hybridized carbons (Fsp3) is 0.100. The average Bonchev–Trinajstić information content (AvgIpc) is 2.19. The first-order chi connectivity index (χ1) is 6.74. The zero-order valence-corrected chi connectivity index (χ0v) is 7.95. The van der Waals surface area contributed by atoms with Crippen molar-refractivity contribution in [3.8, 4) is 0 Å².